The number of aromatic nitrogens is 2. The quantitative estimate of drug-likeness (QED) is 0.265. The monoisotopic (exact) mass is 695 g/mol. The summed E-state index contributed by atoms with van der Waals surface area (Å²) in [6.07, 6.45) is 3.98. The zero-order valence-corrected chi connectivity index (χ0v) is 27.8. The minimum atomic E-state index is -3.23. The number of anilines is 1. The van der Waals surface area contributed by atoms with E-state index in [1.54, 1.807) is 36.4 Å². The molecule has 9 nitrogen and oxygen atoms in total. The van der Waals surface area contributed by atoms with E-state index in [0.29, 0.717) is 52.8 Å². The van der Waals surface area contributed by atoms with Crippen molar-refractivity contribution < 1.29 is 22.4 Å². The third kappa shape index (κ3) is 4.88. The van der Waals surface area contributed by atoms with Gasteiger partial charge in [-0.1, -0.05) is 41.4 Å². The van der Waals surface area contributed by atoms with Crippen LogP contribution in [0.4, 0.5) is 10.1 Å². The molecular weight excluding hydrogens is 664 g/mol. The predicted molar refractivity (Wildman–Crippen MR) is 178 cm³/mol. The van der Waals surface area contributed by atoms with Crippen LogP contribution in [0.3, 0.4) is 0 Å². The summed E-state index contributed by atoms with van der Waals surface area (Å²) in [5.41, 5.74) is 2.29. The Balaban J connectivity index is 1.30. The van der Waals surface area contributed by atoms with Crippen molar-refractivity contribution in [2.75, 3.05) is 30.4 Å². The van der Waals surface area contributed by atoms with E-state index in [9.17, 15) is 18.0 Å². The van der Waals surface area contributed by atoms with Gasteiger partial charge >= 0.3 is 0 Å². The molecular formula is C34H32Cl2FN5O4S. The Morgan fingerprint density at radius 2 is 1.94 bits per heavy atom. The second-order valence-electron chi connectivity index (χ2n) is 13.2. The highest BCUT2D eigenvalue weighted by Gasteiger charge is 2.69. The first-order chi connectivity index (χ1) is 22.5. The first kappa shape index (κ1) is 30.8. The Morgan fingerprint density at radius 3 is 2.70 bits per heavy atom. The summed E-state index contributed by atoms with van der Waals surface area (Å²) in [7, 11) is -3.23. The number of fused-ring (bicyclic) bond motifs is 7. The van der Waals surface area contributed by atoms with Crippen molar-refractivity contribution in [3.05, 3.63) is 93.0 Å². The van der Waals surface area contributed by atoms with Gasteiger partial charge in [0.05, 0.1) is 21.8 Å². The molecule has 13 heteroatoms. The third-order valence-electron chi connectivity index (χ3n) is 10.3. The van der Waals surface area contributed by atoms with Crippen LogP contribution in [0.1, 0.15) is 58.4 Å². The Bertz CT molecular complexity index is 2100. The normalized spacial score (nSPS) is 25.1. The number of nitrogens with zero attached hydrogens (tertiary/aromatic N) is 3. The summed E-state index contributed by atoms with van der Waals surface area (Å²) in [4.78, 5) is 35.0. The van der Waals surface area contributed by atoms with E-state index in [-0.39, 0.29) is 35.2 Å². The van der Waals surface area contributed by atoms with Crippen molar-refractivity contribution in [2.45, 2.75) is 49.2 Å². The summed E-state index contributed by atoms with van der Waals surface area (Å²) < 4.78 is 41.5. The van der Waals surface area contributed by atoms with E-state index in [1.165, 1.54) is 6.07 Å². The number of imidazole rings is 1. The van der Waals surface area contributed by atoms with Gasteiger partial charge in [-0.05, 0) is 67.1 Å². The van der Waals surface area contributed by atoms with Crippen LogP contribution in [0.2, 0.25) is 10.0 Å². The average molecular weight is 697 g/mol. The molecule has 3 aromatic carbocycles. The van der Waals surface area contributed by atoms with Crippen LogP contribution in [0.5, 0.6) is 0 Å². The number of nitrogens with one attached hydrogen (secondary N) is 2. The number of rotatable bonds is 7. The second-order valence-corrected chi connectivity index (χ2v) is 16.3. The highest BCUT2D eigenvalue weighted by Crippen LogP contribution is 2.64. The molecule has 0 radical (unpaired) electrons. The minimum absolute atomic E-state index is 0.000308. The van der Waals surface area contributed by atoms with Crippen LogP contribution >= 0.6 is 23.2 Å². The van der Waals surface area contributed by atoms with Crippen molar-refractivity contribution in [3.8, 4) is 0 Å². The van der Waals surface area contributed by atoms with E-state index < -0.39 is 33.0 Å². The van der Waals surface area contributed by atoms with Crippen molar-refractivity contribution >= 4 is 61.6 Å². The fourth-order valence-electron chi connectivity index (χ4n) is 8.19. The minimum Gasteiger partial charge on any atom is -0.351 e. The van der Waals surface area contributed by atoms with Gasteiger partial charge in [0.2, 0.25) is 5.91 Å². The molecule has 1 aliphatic carbocycles. The number of amides is 2. The standard InChI is InChI=1S/C34H32Cl2FN5O4S/c1-47(45,46)14-12-38-32(43)19-7-10-26-25(15-19)39-31-28-27(11-13-41(26)31)42(17-18-5-6-18)34(29(28)21-3-2-4-23(36)30(21)37)22-9-8-20(35)16-24(22)40-33(34)44/h2-4,7-10,15-16,18,27-29H,5-6,11-14,17H2,1H3,(H,38,43)(H,40,44)/t27-,28+,29-,34+/m0/s1. The van der Waals surface area contributed by atoms with Crippen LogP contribution in [-0.2, 0) is 26.7 Å². The molecule has 0 bridgehead atoms. The Kier molecular flexibility index (Phi) is 7.22. The van der Waals surface area contributed by atoms with E-state index in [0.717, 1.165) is 36.0 Å². The molecule has 2 amide bonds. The fourth-order valence-corrected chi connectivity index (χ4v) is 9.02. The molecule has 8 rings (SSSR count). The largest absolute Gasteiger partial charge is 0.351 e. The summed E-state index contributed by atoms with van der Waals surface area (Å²) in [5, 5.41) is 6.26. The smallest absolute Gasteiger partial charge is 0.251 e. The van der Waals surface area contributed by atoms with Crippen LogP contribution in [0.15, 0.2) is 54.6 Å². The number of halogens is 3. The average Bonchev–Trinajstić information content (AvgIpc) is 3.61. The van der Waals surface area contributed by atoms with Gasteiger partial charge < -0.3 is 15.2 Å². The van der Waals surface area contributed by atoms with Crippen LogP contribution < -0.4 is 10.6 Å². The van der Waals surface area contributed by atoms with E-state index in [4.69, 9.17) is 28.2 Å². The summed E-state index contributed by atoms with van der Waals surface area (Å²) in [6.45, 7) is 1.32. The van der Waals surface area contributed by atoms with Crippen LogP contribution in [0.25, 0.3) is 11.0 Å². The summed E-state index contributed by atoms with van der Waals surface area (Å²) >= 11 is 12.8. The topological polar surface area (TPSA) is 113 Å². The van der Waals surface area contributed by atoms with E-state index in [1.807, 2.05) is 12.1 Å². The van der Waals surface area contributed by atoms with Gasteiger partial charge in [-0.25, -0.2) is 17.8 Å². The Labute approximate surface area is 281 Å². The molecule has 4 aliphatic rings. The maximum atomic E-state index is 16.3. The molecule has 1 saturated carbocycles. The van der Waals surface area contributed by atoms with Crippen molar-refractivity contribution in [1.82, 2.24) is 19.8 Å². The lowest BCUT2D eigenvalue weighted by Crippen LogP contribution is -2.53. The molecule has 47 heavy (non-hydrogen) atoms. The van der Waals surface area contributed by atoms with Crippen LogP contribution in [-0.4, -0.2) is 65.8 Å². The Hall–Kier alpha value is -3.51. The molecule has 0 unspecified atom stereocenters. The highest BCUT2D eigenvalue weighted by atomic mass is 35.5. The molecule has 2 fully saturated rings. The number of carbonyl (C=O) groups excluding carboxylic acids is 2. The second kappa shape index (κ2) is 11.0. The van der Waals surface area contributed by atoms with Gasteiger partial charge in [-0.3, -0.25) is 14.5 Å². The van der Waals surface area contributed by atoms with Gasteiger partial charge in [0.1, 0.15) is 27.0 Å². The number of sulfone groups is 1. The Morgan fingerprint density at radius 1 is 1.13 bits per heavy atom. The number of hydrogen-bond donors (Lipinski definition) is 2. The summed E-state index contributed by atoms with van der Waals surface area (Å²) in [5.74, 6) is -1.23. The zero-order chi connectivity index (χ0) is 32.8. The van der Waals surface area contributed by atoms with Gasteiger partial charge in [0, 0.05) is 65.6 Å². The number of aryl methyl sites for hydroxylation is 1. The third-order valence-corrected chi connectivity index (χ3v) is 11.7. The molecule has 1 spiro atoms. The van der Waals surface area contributed by atoms with Gasteiger partial charge in [0.15, 0.2) is 0 Å². The van der Waals surface area contributed by atoms with Crippen molar-refractivity contribution in [1.29, 1.82) is 0 Å². The lowest BCUT2D eigenvalue weighted by atomic mass is 9.70. The highest BCUT2D eigenvalue weighted by molar-refractivity contribution is 7.90. The number of likely N-dealkylation sites (tertiary alicyclic amines) is 1. The van der Waals surface area contributed by atoms with Gasteiger partial charge in [-0.2, -0.15) is 0 Å². The molecule has 4 heterocycles. The van der Waals surface area contributed by atoms with Gasteiger partial charge in [-0.15, -0.1) is 0 Å². The SMILES string of the molecule is CS(=O)(=O)CCNC(=O)c1ccc2c(c1)nc1n2CC[C@H]2[C@@H]1[C@H](c1cccc(Cl)c1F)[C@]1(C(=O)Nc3cc(Cl)ccc31)N2CC1CC1. The fraction of sp³-hybridized carbons (Fsp3) is 0.382. The molecule has 4 atom stereocenters. The maximum Gasteiger partial charge on any atom is 0.251 e. The van der Waals surface area contributed by atoms with Crippen molar-refractivity contribution in [2.24, 2.45) is 5.92 Å². The van der Waals surface area contributed by atoms with Crippen molar-refractivity contribution in [3.63, 3.8) is 0 Å². The lowest BCUT2D eigenvalue weighted by Gasteiger charge is -2.40. The number of hydrogen-bond acceptors (Lipinski definition) is 6. The number of carbonyl (C=O) groups is 2. The summed E-state index contributed by atoms with van der Waals surface area (Å²) in [6, 6.07) is 15.5. The number of benzene rings is 3. The molecule has 4 aromatic rings. The first-order valence-corrected chi connectivity index (χ1v) is 18.6. The first-order valence-electron chi connectivity index (χ1n) is 15.8. The van der Waals surface area contributed by atoms with E-state index >= 15 is 4.39 Å². The molecule has 3 aliphatic heterocycles. The predicted octanol–water partition coefficient (Wildman–Crippen LogP) is 5.47. The van der Waals surface area contributed by atoms with E-state index in [2.05, 4.69) is 20.1 Å². The zero-order valence-electron chi connectivity index (χ0n) is 25.5. The maximum absolute atomic E-state index is 16.3. The lowest BCUT2D eigenvalue weighted by molar-refractivity contribution is -0.128. The molecule has 2 N–H and O–H groups in total. The molecule has 1 saturated heterocycles. The van der Waals surface area contributed by atoms with Gasteiger partial charge in [0.25, 0.3) is 5.91 Å². The molecule has 244 valence electrons. The van der Waals surface area contributed by atoms with Crippen LogP contribution in [0, 0.1) is 11.7 Å². The molecule has 1 aromatic heterocycles.